The Morgan fingerprint density at radius 1 is 0.821 bits per heavy atom. The van der Waals surface area contributed by atoms with E-state index in [1.54, 1.807) is 12.8 Å². The van der Waals surface area contributed by atoms with E-state index in [9.17, 15) is 0 Å². The van der Waals surface area contributed by atoms with Crippen LogP contribution in [-0.2, 0) is 0 Å². The maximum absolute atomic E-state index is 3.14. The predicted octanol–water partition coefficient (Wildman–Crippen LogP) is 6.49. The Balaban J connectivity index is 1.72. The second kappa shape index (κ2) is 8.58. The third-order valence-electron chi connectivity index (χ3n) is 9.42. The zero-order valence-corrected chi connectivity index (χ0v) is 19.5. The Hall–Kier alpha value is -0.0800. The van der Waals surface area contributed by atoms with Gasteiger partial charge in [-0.1, -0.05) is 66.2 Å². The molecule has 2 aliphatic carbocycles. The second-order valence-electron chi connectivity index (χ2n) is 11.0. The van der Waals surface area contributed by atoms with E-state index in [4.69, 9.17) is 0 Å². The lowest BCUT2D eigenvalue weighted by atomic mass is 9.38. The first-order chi connectivity index (χ1) is 13.7. The quantitative estimate of drug-likeness (QED) is 0.377. The van der Waals surface area contributed by atoms with Crippen molar-refractivity contribution < 1.29 is 0 Å². The third kappa shape index (κ3) is 3.11. The average molecular weight is 389 g/mol. The fraction of sp³-hybridized carbons (Fsp3) is 1.00. The molecule has 5 heterocycles. The first-order valence-corrected chi connectivity index (χ1v) is 13.2. The van der Waals surface area contributed by atoms with Crippen molar-refractivity contribution in [1.82, 2.24) is 9.80 Å². The number of nitrogens with zero attached hydrogens (tertiary/aromatic N) is 2. The summed E-state index contributed by atoms with van der Waals surface area (Å²) in [6, 6.07) is 2.76. The van der Waals surface area contributed by atoms with E-state index < -0.39 is 0 Å². The van der Waals surface area contributed by atoms with Gasteiger partial charge in [-0.15, -0.1) is 0 Å². The molecule has 0 aromatic carbocycles. The Labute approximate surface area is 175 Å². The van der Waals surface area contributed by atoms with Crippen molar-refractivity contribution in [2.24, 2.45) is 16.7 Å². The molecule has 2 saturated carbocycles. The molecule has 0 aromatic rings. The van der Waals surface area contributed by atoms with Crippen molar-refractivity contribution in [3.63, 3.8) is 0 Å². The first-order valence-electron chi connectivity index (χ1n) is 13.2. The molecule has 5 saturated heterocycles. The molecule has 7 fully saturated rings. The summed E-state index contributed by atoms with van der Waals surface area (Å²) < 4.78 is 0. The Morgan fingerprint density at radius 2 is 1.50 bits per heavy atom. The van der Waals surface area contributed by atoms with Crippen molar-refractivity contribution in [3.05, 3.63) is 0 Å². The number of fused-ring (bicyclic) bond motifs is 2. The van der Waals surface area contributed by atoms with Crippen LogP contribution in [0.3, 0.4) is 0 Å². The van der Waals surface area contributed by atoms with E-state index >= 15 is 0 Å². The van der Waals surface area contributed by atoms with Gasteiger partial charge >= 0.3 is 0 Å². The number of hydrogen-bond donors (Lipinski definition) is 0. The van der Waals surface area contributed by atoms with Crippen molar-refractivity contribution in [2.75, 3.05) is 19.6 Å². The molecule has 0 aromatic heterocycles. The van der Waals surface area contributed by atoms with E-state index in [-0.39, 0.29) is 0 Å². The molecule has 7 rings (SSSR count). The number of unbranched alkanes of at least 4 members (excludes halogenated alkanes) is 4. The molecule has 162 valence electrons. The van der Waals surface area contributed by atoms with Crippen molar-refractivity contribution in [3.8, 4) is 0 Å². The van der Waals surface area contributed by atoms with Gasteiger partial charge in [0.1, 0.15) is 0 Å². The molecule has 28 heavy (non-hydrogen) atoms. The van der Waals surface area contributed by atoms with Crippen LogP contribution in [0.2, 0.25) is 0 Å². The summed E-state index contributed by atoms with van der Waals surface area (Å²) in [5.41, 5.74) is 1.24. The zero-order valence-electron chi connectivity index (χ0n) is 19.5. The molecule has 2 heteroatoms. The third-order valence-corrected chi connectivity index (χ3v) is 9.42. The molecule has 7 aliphatic rings. The van der Waals surface area contributed by atoms with Gasteiger partial charge in [-0.25, -0.2) is 0 Å². The van der Waals surface area contributed by atoms with Gasteiger partial charge in [-0.3, -0.25) is 9.80 Å². The summed E-state index contributed by atoms with van der Waals surface area (Å²) in [7, 11) is 0. The largest absolute Gasteiger partial charge is 0.299 e. The highest BCUT2D eigenvalue weighted by Crippen LogP contribution is 2.70. The summed E-state index contributed by atoms with van der Waals surface area (Å²) in [5, 5.41) is 0. The summed E-state index contributed by atoms with van der Waals surface area (Å²) >= 11 is 0. The molecule has 5 aliphatic heterocycles. The SMILES string of the molecule is CCCCN1C[C@]2(CCCC)CC3C1C1(CCCC)CC[C@H]3N(CCCC)C12. The monoisotopic (exact) mass is 388 g/mol. The number of hydrogen-bond acceptors (Lipinski definition) is 2. The Kier molecular flexibility index (Phi) is 6.48. The minimum atomic E-state index is 0.613. The van der Waals surface area contributed by atoms with E-state index in [2.05, 4.69) is 37.5 Å². The summed E-state index contributed by atoms with van der Waals surface area (Å²) in [5.74, 6) is 0.981. The minimum absolute atomic E-state index is 0.613. The van der Waals surface area contributed by atoms with Crippen molar-refractivity contribution >= 4 is 0 Å². The molecule has 6 atom stereocenters. The fourth-order valence-corrected chi connectivity index (χ4v) is 8.70. The van der Waals surface area contributed by atoms with Gasteiger partial charge in [0.25, 0.3) is 0 Å². The van der Waals surface area contributed by atoms with Crippen LogP contribution in [-0.4, -0.2) is 47.6 Å². The molecule has 0 radical (unpaired) electrons. The Bertz CT molecular complexity index is 519. The number of piperidine rings is 5. The van der Waals surface area contributed by atoms with E-state index in [0.717, 1.165) is 24.0 Å². The van der Waals surface area contributed by atoms with Crippen molar-refractivity contribution in [1.29, 1.82) is 0 Å². The maximum atomic E-state index is 3.14. The zero-order chi connectivity index (χ0) is 19.8. The van der Waals surface area contributed by atoms with Crippen LogP contribution in [0.1, 0.15) is 111 Å². The molecular formula is C26H48N2. The fourth-order valence-electron chi connectivity index (χ4n) is 8.70. The highest BCUT2D eigenvalue weighted by atomic mass is 15.3. The lowest BCUT2D eigenvalue weighted by molar-refractivity contribution is -0.300. The maximum Gasteiger partial charge on any atom is 0.0239 e. The lowest BCUT2D eigenvalue weighted by Gasteiger charge is -2.80. The van der Waals surface area contributed by atoms with Crippen LogP contribution in [0.15, 0.2) is 0 Å². The summed E-state index contributed by atoms with van der Waals surface area (Å²) in [6.45, 7) is 13.8. The molecule has 0 amide bonds. The predicted molar refractivity (Wildman–Crippen MR) is 121 cm³/mol. The summed E-state index contributed by atoms with van der Waals surface area (Å²) in [6.07, 6.45) is 18.8. The van der Waals surface area contributed by atoms with Crippen LogP contribution in [0.5, 0.6) is 0 Å². The molecule has 2 nitrogen and oxygen atoms in total. The smallest absolute Gasteiger partial charge is 0.0239 e. The topological polar surface area (TPSA) is 6.48 Å². The van der Waals surface area contributed by atoms with Crippen LogP contribution >= 0.6 is 0 Å². The minimum Gasteiger partial charge on any atom is -0.299 e. The standard InChI is InChI=1S/C26H48N2/c1-5-9-14-25-19-21-22-13-16-26(15-10-6-2,24(25)28(22)18-12-8-4)23(21)27(20-25)17-11-7-3/h21-24H,5-20H2,1-4H3/t21?,22-,23?,24?,25+,26?/m1/s1. The van der Waals surface area contributed by atoms with E-state index in [1.807, 2.05) is 0 Å². The molecular weight excluding hydrogens is 340 g/mol. The summed E-state index contributed by atoms with van der Waals surface area (Å²) in [4.78, 5) is 6.21. The molecule has 6 bridgehead atoms. The van der Waals surface area contributed by atoms with E-state index in [1.165, 1.54) is 90.3 Å². The van der Waals surface area contributed by atoms with Crippen molar-refractivity contribution in [2.45, 2.75) is 129 Å². The highest BCUT2D eigenvalue weighted by Gasteiger charge is 2.74. The van der Waals surface area contributed by atoms with Crippen LogP contribution < -0.4 is 0 Å². The van der Waals surface area contributed by atoms with Gasteiger partial charge in [0.15, 0.2) is 0 Å². The number of rotatable bonds is 12. The highest BCUT2D eigenvalue weighted by molar-refractivity contribution is 5.27. The van der Waals surface area contributed by atoms with Gasteiger partial charge in [-0.05, 0) is 69.4 Å². The first kappa shape index (κ1) is 21.2. The van der Waals surface area contributed by atoms with Crippen LogP contribution in [0.25, 0.3) is 0 Å². The van der Waals surface area contributed by atoms with Gasteiger partial charge in [-0.2, -0.15) is 0 Å². The van der Waals surface area contributed by atoms with E-state index in [0.29, 0.717) is 10.8 Å². The van der Waals surface area contributed by atoms with Gasteiger partial charge in [0.05, 0.1) is 0 Å². The molecule has 4 unspecified atom stereocenters. The molecule has 0 spiro atoms. The van der Waals surface area contributed by atoms with Gasteiger partial charge in [0.2, 0.25) is 0 Å². The second-order valence-corrected chi connectivity index (χ2v) is 11.0. The lowest BCUT2D eigenvalue weighted by Crippen LogP contribution is -2.86. The van der Waals surface area contributed by atoms with Crippen LogP contribution in [0.4, 0.5) is 0 Å². The molecule has 0 N–H and O–H groups in total. The average Bonchev–Trinajstić information content (AvgIpc) is 2.73. The van der Waals surface area contributed by atoms with Gasteiger partial charge < -0.3 is 0 Å². The van der Waals surface area contributed by atoms with Crippen LogP contribution in [0, 0.1) is 16.7 Å². The Morgan fingerprint density at radius 3 is 2.21 bits per heavy atom. The van der Waals surface area contributed by atoms with Gasteiger partial charge in [0, 0.05) is 30.1 Å². The normalized spacial score (nSPS) is 42.0.